The highest BCUT2D eigenvalue weighted by atomic mass is 16.4. The summed E-state index contributed by atoms with van der Waals surface area (Å²) >= 11 is 0. The molecule has 5 heteroatoms. The second-order valence-electron chi connectivity index (χ2n) is 5.77. The van der Waals surface area contributed by atoms with E-state index in [9.17, 15) is 9.59 Å². The number of hydrogen-bond acceptors (Lipinski definition) is 3. The topological polar surface area (TPSA) is 69.6 Å². The Morgan fingerprint density at radius 1 is 1.37 bits per heavy atom. The molecule has 0 spiro atoms. The average Bonchev–Trinajstić information content (AvgIpc) is 2.88. The number of carboxylic acids is 1. The Kier molecular flexibility index (Phi) is 4.45. The largest absolute Gasteiger partial charge is 0.481 e. The molecule has 1 unspecified atom stereocenters. The zero-order chi connectivity index (χ0) is 13.9. The zero-order valence-electron chi connectivity index (χ0n) is 11.7. The molecular weight excluding hydrogens is 244 g/mol. The minimum Gasteiger partial charge on any atom is -0.481 e. The molecule has 2 aliphatic heterocycles. The summed E-state index contributed by atoms with van der Waals surface area (Å²) in [4.78, 5) is 25.5. The molecule has 0 bridgehead atoms. The molecular formula is C14H24N2O3. The van der Waals surface area contributed by atoms with Gasteiger partial charge < -0.3 is 15.3 Å². The second-order valence-corrected chi connectivity index (χ2v) is 5.77. The number of carbonyl (C=O) groups is 2. The number of piperidine rings is 1. The Hall–Kier alpha value is -1.10. The number of nitrogens with one attached hydrogen (secondary N) is 1. The van der Waals surface area contributed by atoms with E-state index in [0.29, 0.717) is 25.9 Å². The van der Waals surface area contributed by atoms with Crippen LogP contribution in [0.1, 0.15) is 45.4 Å². The van der Waals surface area contributed by atoms with Crippen LogP contribution >= 0.6 is 0 Å². The van der Waals surface area contributed by atoms with E-state index in [-0.39, 0.29) is 17.4 Å². The fraction of sp³-hybridized carbons (Fsp3) is 0.857. The summed E-state index contributed by atoms with van der Waals surface area (Å²) in [5, 5.41) is 12.4. The Balaban J connectivity index is 1.98. The van der Waals surface area contributed by atoms with Crippen molar-refractivity contribution in [3.05, 3.63) is 0 Å². The van der Waals surface area contributed by atoms with Crippen LogP contribution in [0.15, 0.2) is 0 Å². The SMILES string of the molecule is CCCC1(C(=O)N2CCC(C(=O)O)CC2)CCCN1. The van der Waals surface area contributed by atoms with Crippen LogP contribution in [0.3, 0.4) is 0 Å². The molecule has 0 aliphatic carbocycles. The molecule has 1 amide bonds. The monoisotopic (exact) mass is 268 g/mol. The maximum absolute atomic E-state index is 12.7. The lowest BCUT2D eigenvalue weighted by Crippen LogP contribution is -2.56. The summed E-state index contributed by atoms with van der Waals surface area (Å²) in [6.07, 6.45) is 5.01. The Morgan fingerprint density at radius 2 is 2.05 bits per heavy atom. The standard InChI is InChI=1S/C14H24N2O3/c1-2-6-14(7-3-8-15-14)13(19)16-9-4-11(5-10-16)12(17)18/h11,15H,2-10H2,1H3,(H,17,18). The van der Waals surface area contributed by atoms with Crippen molar-refractivity contribution < 1.29 is 14.7 Å². The van der Waals surface area contributed by atoms with E-state index in [1.807, 2.05) is 4.90 Å². The van der Waals surface area contributed by atoms with Crippen molar-refractivity contribution in [3.63, 3.8) is 0 Å². The number of aliphatic carboxylic acids is 1. The molecule has 19 heavy (non-hydrogen) atoms. The Bertz CT molecular complexity index is 343. The van der Waals surface area contributed by atoms with Crippen LogP contribution in [0.2, 0.25) is 0 Å². The van der Waals surface area contributed by atoms with Crippen LogP contribution in [-0.2, 0) is 9.59 Å². The van der Waals surface area contributed by atoms with Crippen molar-refractivity contribution in [2.75, 3.05) is 19.6 Å². The molecule has 0 radical (unpaired) electrons. The van der Waals surface area contributed by atoms with Crippen LogP contribution < -0.4 is 5.32 Å². The molecule has 108 valence electrons. The summed E-state index contributed by atoms with van der Waals surface area (Å²) in [7, 11) is 0. The number of rotatable bonds is 4. The van der Waals surface area contributed by atoms with Crippen LogP contribution in [-0.4, -0.2) is 47.1 Å². The minimum absolute atomic E-state index is 0.190. The lowest BCUT2D eigenvalue weighted by atomic mass is 9.88. The van der Waals surface area contributed by atoms with Gasteiger partial charge in [-0.25, -0.2) is 0 Å². The van der Waals surface area contributed by atoms with Gasteiger partial charge in [-0.3, -0.25) is 9.59 Å². The summed E-state index contributed by atoms with van der Waals surface area (Å²) in [6.45, 7) is 4.19. The van der Waals surface area contributed by atoms with E-state index < -0.39 is 5.97 Å². The zero-order valence-corrected chi connectivity index (χ0v) is 11.7. The van der Waals surface area contributed by atoms with Gasteiger partial charge in [0.15, 0.2) is 0 Å². The first-order valence-corrected chi connectivity index (χ1v) is 7.36. The van der Waals surface area contributed by atoms with E-state index in [4.69, 9.17) is 5.11 Å². The van der Waals surface area contributed by atoms with Gasteiger partial charge in [0.05, 0.1) is 11.5 Å². The predicted molar refractivity (Wildman–Crippen MR) is 71.8 cm³/mol. The molecule has 0 aromatic heterocycles. The summed E-state index contributed by atoms with van der Waals surface area (Å²) in [5.74, 6) is -0.812. The van der Waals surface area contributed by atoms with Crippen molar-refractivity contribution in [1.82, 2.24) is 10.2 Å². The molecule has 2 fully saturated rings. The summed E-state index contributed by atoms with van der Waals surface area (Å²) in [6, 6.07) is 0. The third-order valence-corrected chi connectivity index (χ3v) is 4.46. The van der Waals surface area contributed by atoms with E-state index in [2.05, 4.69) is 12.2 Å². The highest BCUT2D eigenvalue weighted by molar-refractivity contribution is 5.87. The molecule has 5 nitrogen and oxygen atoms in total. The van der Waals surface area contributed by atoms with Crippen molar-refractivity contribution in [3.8, 4) is 0 Å². The second kappa shape index (κ2) is 5.90. The smallest absolute Gasteiger partial charge is 0.306 e. The molecule has 2 heterocycles. The average molecular weight is 268 g/mol. The lowest BCUT2D eigenvalue weighted by molar-refractivity contribution is -0.147. The lowest BCUT2D eigenvalue weighted by Gasteiger charge is -2.37. The predicted octanol–water partition coefficient (Wildman–Crippen LogP) is 1.23. The molecule has 0 aromatic rings. The maximum Gasteiger partial charge on any atom is 0.306 e. The van der Waals surface area contributed by atoms with Crippen LogP contribution in [0, 0.1) is 5.92 Å². The minimum atomic E-state index is -0.727. The molecule has 2 aliphatic rings. The number of likely N-dealkylation sites (tertiary alicyclic amines) is 1. The van der Waals surface area contributed by atoms with Gasteiger partial charge in [0.1, 0.15) is 0 Å². The van der Waals surface area contributed by atoms with Crippen LogP contribution in [0.5, 0.6) is 0 Å². The number of amides is 1. The fourth-order valence-corrected chi connectivity index (χ4v) is 3.37. The van der Waals surface area contributed by atoms with E-state index in [1.54, 1.807) is 0 Å². The highest BCUT2D eigenvalue weighted by Gasteiger charge is 2.43. The van der Waals surface area contributed by atoms with Gasteiger partial charge in [-0.1, -0.05) is 13.3 Å². The first-order chi connectivity index (χ1) is 9.09. The van der Waals surface area contributed by atoms with Crippen LogP contribution in [0.25, 0.3) is 0 Å². The van der Waals surface area contributed by atoms with E-state index in [0.717, 1.165) is 32.2 Å². The number of hydrogen-bond donors (Lipinski definition) is 2. The van der Waals surface area contributed by atoms with Gasteiger partial charge in [0, 0.05) is 13.1 Å². The molecule has 2 rings (SSSR count). The van der Waals surface area contributed by atoms with Crippen molar-refractivity contribution >= 4 is 11.9 Å². The third kappa shape index (κ3) is 2.91. The molecule has 2 saturated heterocycles. The maximum atomic E-state index is 12.7. The quantitative estimate of drug-likeness (QED) is 0.804. The number of nitrogens with zero attached hydrogens (tertiary/aromatic N) is 1. The van der Waals surface area contributed by atoms with E-state index >= 15 is 0 Å². The summed E-state index contributed by atoms with van der Waals surface area (Å²) in [5.41, 5.74) is -0.370. The van der Waals surface area contributed by atoms with E-state index in [1.165, 1.54) is 0 Å². The van der Waals surface area contributed by atoms with Crippen molar-refractivity contribution in [1.29, 1.82) is 0 Å². The van der Waals surface area contributed by atoms with Crippen molar-refractivity contribution in [2.24, 2.45) is 5.92 Å². The first kappa shape index (κ1) is 14.3. The van der Waals surface area contributed by atoms with Crippen molar-refractivity contribution in [2.45, 2.75) is 51.0 Å². The van der Waals surface area contributed by atoms with Gasteiger partial charge in [-0.15, -0.1) is 0 Å². The van der Waals surface area contributed by atoms with Gasteiger partial charge in [0.25, 0.3) is 0 Å². The fourth-order valence-electron chi connectivity index (χ4n) is 3.37. The summed E-state index contributed by atoms with van der Waals surface area (Å²) < 4.78 is 0. The van der Waals surface area contributed by atoms with Gasteiger partial charge >= 0.3 is 5.97 Å². The van der Waals surface area contributed by atoms with Crippen LogP contribution in [0.4, 0.5) is 0 Å². The van der Waals surface area contributed by atoms with Gasteiger partial charge in [0.2, 0.25) is 5.91 Å². The molecule has 0 aromatic carbocycles. The Labute approximate surface area is 114 Å². The molecule has 1 atom stereocenters. The van der Waals surface area contributed by atoms with Gasteiger partial charge in [-0.2, -0.15) is 0 Å². The Morgan fingerprint density at radius 3 is 2.53 bits per heavy atom. The highest BCUT2D eigenvalue weighted by Crippen LogP contribution is 2.29. The molecule has 2 N–H and O–H groups in total. The number of carboxylic acid groups (broad SMARTS) is 1. The third-order valence-electron chi connectivity index (χ3n) is 4.46. The molecule has 0 saturated carbocycles. The number of carbonyl (C=O) groups excluding carboxylic acids is 1. The first-order valence-electron chi connectivity index (χ1n) is 7.36. The normalized spacial score (nSPS) is 28.6. The van der Waals surface area contributed by atoms with Gasteiger partial charge in [-0.05, 0) is 38.6 Å².